The van der Waals surface area contributed by atoms with Crippen LogP contribution < -0.4 is 0 Å². The smallest absolute Gasteiger partial charge is 2.00 e. The SMILES string of the molecule is CC(C)[O][Ti+2][O]C(C)C.[O-2]. The van der Waals surface area contributed by atoms with Gasteiger partial charge in [0.05, 0.1) is 0 Å². The second-order valence-electron chi connectivity index (χ2n) is 2.42. The predicted molar refractivity (Wildman–Crippen MR) is 33.1 cm³/mol. The summed E-state index contributed by atoms with van der Waals surface area (Å²) in [6.07, 6.45) is 0.646. The molecule has 0 amide bonds. The Kier molecular flexibility index (Phi) is 10.2. The molecule has 0 aliphatic heterocycles. The maximum absolute atomic E-state index is 5.26. The third kappa shape index (κ3) is 11.4. The second-order valence-corrected chi connectivity index (χ2v) is 3.41. The largest absolute Gasteiger partial charge is 2.00 e. The quantitative estimate of drug-likeness (QED) is 0.620. The van der Waals surface area contributed by atoms with Crippen LogP contribution in [0.1, 0.15) is 27.7 Å². The fraction of sp³-hybridized carbons (Fsp3) is 1.00. The number of hydrogen-bond donors (Lipinski definition) is 0. The number of rotatable bonds is 4. The van der Waals surface area contributed by atoms with Crippen molar-refractivity contribution >= 4 is 0 Å². The van der Waals surface area contributed by atoms with Gasteiger partial charge in [0.25, 0.3) is 0 Å². The van der Waals surface area contributed by atoms with Crippen molar-refractivity contribution in [2.75, 3.05) is 0 Å². The van der Waals surface area contributed by atoms with Gasteiger partial charge in [0, 0.05) is 0 Å². The van der Waals surface area contributed by atoms with Gasteiger partial charge in [0.15, 0.2) is 0 Å². The van der Waals surface area contributed by atoms with E-state index in [1.807, 2.05) is 27.7 Å². The summed E-state index contributed by atoms with van der Waals surface area (Å²) in [7, 11) is 0. The van der Waals surface area contributed by atoms with Crippen LogP contribution in [0.4, 0.5) is 0 Å². The van der Waals surface area contributed by atoms with E-state index in [1.165, 1.54) is 0 Å². The Morgan fingerprint density at radius 1 is 0.900 bits per heavy atom. The standard InChI is InChI=1S/2C3H7O.O.Ti/c2*1-3(2)4;;/h2*3H,1-2H3;;/q2*-1;-2;+4. The topological polar surface area (TPSA) is 47.0 Å². The van der Waals surface area contributed by atoms with E-state index in [-0.39, 0.29) is 5.48 Å². The summed E-state index contributed by atoms with van der Waals surface area (Å²) in [6, 6.07) is 0. The van der Waals surface area contributed by atoms with Crippen molar-refractivity contribution < 1.29 is 32.0 Å². The van der Waals surface area contributed by atoms with Gasteiger partial charge >= 0.3 is 66.5 Å². The summed E-state index contributed by atoms with van der Waals surface area (Å²) in [5.41, 5.74) is 0. The van der Waals surface area contributed by atoms with Crippen LogP contribution in [-0.4, -0.2) is 12.2 Å². The van der Waals surface area contributed by atoms with Gasteiger partial charge in [-0.05, 0) is 0 Å². The van der Waals surface area contributed by atoms with Crippen molar-refractivity contribution in [3.05, 3.63) is 0 Å². The zero-order chi connectivity index (χ0) is 7.28. The first kappa shape index (κ1) is 13.2. The Balaban J connectivity index is 0. The van der Waals surface area contributed by atoms with Crippen molar-refractivity contribution in [1.29, 1.82) is 0 Å². The Labute approximate surface area is 72.3 Å². The van der Waals surface area contributed by atoms with E-state index in [1.54, 1.807) is 0 Å². The molecule has 0 aromatic carbocycles. The van der Waals surface area contributed by atoms with Gasteiger partial charge in [0.2, 0.25) is 0 Å². The Hall–Kier alpha value is 0.594. The van der Waals surface area contributed by atoms with Crippen LogP contribution in [-0.2, 0) is 32.0 Å². The van der Waals surface area contributed by atoms with Gasteiger partial charge in [-0.15, -0.1) is 0 Å². The molecule has 0 aromatic heterocycles. The molecule has 0 fully saturated rings. The van der Waals surface area contributed by atoms with Crippen LogP contribution in [0.15, 0.2) is 0 Å². The average molecular weight is 182 g/mol. The van der Waals surface area contributed by atoms with E-state index in [0.717, 1.165) is 0 Å². The minimum atomic E-state index is -0.574. The van der Waals surface area contributed by atoms with E-state index >= 15 is 0 Å². The summed E-state index contributed by atoms with van der Waals surface area (Å²) in [5.74, 6) is 0. The first-order valence-corrected chi connectivity index (χ1v) is 4.46. The molecule has 10 heavy (non-hydrogen) atoms. The summed E-state index contributed by atoms with van der Waals surface area (Å²) in [6.45, 7) is 8.08. The molecule has 0 atom stereocenters. The first-order chi connectivity index (χ1) is 4.13. The van der Waals surface area contributed by atoms with Gasteiger partial charge in [-0.1, -0.05) is 0 Å². The van der Waals surface area contributed by atoms with Crippen LogP contribution in [0.3, 0.4) is 0 Å². The van der Waals surface area contributed by atoms with Crippen molar-refractivity contribution in [2.24, 2.45) is 0 Å². The average Bonchev–Trinajstić information content (AvgIpc) is 1.63. The molecule has 4 heteroatoms. The fourth-order valence-corrected chi connectivity index (χ4v) is 0.908. The molecular weight excluding hydrogens is 168 g/mol. The Bertz CT molecular complexity index is 58.0. The maximum atomic E-state index is 5.26. The van der Waals surface area contributed by atoms with E-state index in [9.17, 15) is 0 Å². The zero-order valence-corrected chi connectivity index (χ0v) is 8.44. The molecule has 60 valence electrons. The van der Waals surface area contributed by atoms with Crippen molar-refractivity contribution in [3.63, 3.8) is 0 Å². The normalized spacial score (nSPS) is 9.40. The van der Waals surface area contributed by atoms with Crippen LogP contribution in [0, 0.1) is 0 Å². The van der Waals surface area contributed by atoms with Crippen LogP contribution >= 0.6 is 0 Å². The molecule has 0 saturated heterocycles. The summed E-state index contributed by atoms with van der Waals surface area (Å²) < 4.78 is 10.5. The second kappa shape index (κ2) is 7.70. The van der Waals surface area contributed by atoms with E-state index < -0.39 is 19.9 Å². The maximum Gasteiger partial charge on any atom is -2.00 e. The minimum Gasteiger partial charge on any atom is -2.00 e. The fourth-order valence-electron chi connectivity index (χ4n) is 0.220. The third-order valence-electron chi connectivity index (χ3n) is 0.568. The molecule has 0 aliphatic carbocycles. The van der Waals surface area contributed by atoms with Crippen LogP contribution in [0.2, 0.25) is 0 Å². The monoisotopic (exact) mass is 182 g/mol. The van der Waals surface area contributed by atoms with Crippen molar-refractivity contribution in [2.45, 2.75) is 39.9 Å². The summed E-state index contributed by atoms with van der Waals surface area (Å²) in [4.78, 5) is 0. The van der Waals surface area contributed by atoms with Gasteiger partial charge in [-0.2, -0.15) is 0 Å². The third-order valence-corrected chi connectivity index (χ3v) is 2.34. The summed E-state index contributed by atoms with van der Waals surface area (Å²) in [5, 5.41) is 0. The molecular formula is C6H14O3Ti. The first-order valence-electron chi connectivity index (χ1n) is 3.19. The molecule has 0 N–H and O–H groups in total. The molecule has 0 unspecified atom stereocenters. The number of hydrogen-bond acceptors (Lipinski definition) is 2. The van der Waals surface area contributed by atoms with Gasteiger partial charge in [-0.25, -0.2) is 0 Å². The van der Waals surface area contributed by atoms with Crippen LogP contribution in [0.5, 0.6) is 0 Å². The van der Waals surface area contributed by atoms with E-state index in [2.05, 4.69) is 0 Å². The molecule has 0 heterocycles. The van der Waals surface area contributed by atoms with Gasteiger partial charge in [0.1, 0.15) is 0 Å². The molecule has 0 spiro atoms. The van der Waals surface area contributed by atoms with Gasteiger partial charge < -0.3 is 5.48 Å². The molecule has 0 aromatic rings. The van der Waals surface area contributed by atoms with Gasteiger partial charge in [-0.3, -0.25) is 0 Å². The van der Waals surface area contributed by atoms with Crippen molar-refractivity contribution in [3.8, 4) is 0 Å². The Morgan fingerprint density at radius 3 is 1.40 bits per heavy atom. The van der Waals surface area contributed by atoms with E-state index in [4.69, 9.17) is 6.64 Å². The zero-order valence-electron chi connectivity index (χ0n) is 6.88. The van der Waals surface area contributed by atoms with Crippen molar-refractivity contribution in [1.82, 2.24) is 0 Å². The molecule has 0 saturated carbocycles. The predicted octanol–water partition coefficient (Wildman–Crippen LogP) is 1.63. The summed E-state index contributed by atoms with van der Waals surface area (Å²) >= 11 is -0.574. The molecule has 0 radical (unpaired) electrons. The molecule has 0 bridgehead atoms. The van der Waals surface area contributed by atoms with Crippen LogP contribution in [0.25, 0.3) is 0 Å². The minimum absolute atomic E-state index is 0. The molecule has 0 aliphatic rings. The molecule has 0 rings (SSSR count). The molecule has 3 nitrogen and oxygen atoms in total. The van der Waals surface area contributed by atoms with E-state index in [0.29, 0.717) is 12.2 Å². The Morgan fingerprint density at radius 2 is 1.20 bits per heavy atom.